The largest absolute Gasteiger partial charge is 0.468 e. The van der Waals surface area contributed by atoms with E-state index in [9.17, 15) is 9.59 Å². The molecule has 154 valence electrons. The summed E-state index contributed by atoms with van der Waals surface area (Å²) in [5, 5.41) is 0. The fourth-order valence-corrected chi connectivity index (χ4v) is 4.38. The van der Waals surface area contributed by atoms with Gasteiger partial charge in [0.15, 0.2) is 0 Å². The lowest BCUT2D eigenvalue weighted by atomic mass is 9.93. The number of carbonyl (C=O) groups excluding carboxylic acids is 2. The van der Waals surface area contributed by atoms with E-state index in [1.54, 1.807) is 7.05 Å². The highest BCUT2D eigenvalue weighted by molar-refractivity contribution is 5.83. The molecule has 2 fully saturated rings. The second kappa shape index (κ2) is 9.98. The van der Waals surface area contributed by atoms with Crippen LogP contribution in [-0.2, 0) is 20.9 Å². The summed E-state index contributed by atoms with van der Waals surface area (Å²) in [6.07, 6.45) is 7.93. The highest BCUT2D eigenvalue weighted by Crippen LogP contribution is 2.25. The lowest BCUT2D eigenvalue weighted by Gasteiger charge is -2.42. The number of methoxy groups -OCH3 is 1. The fraction of sp³-hybridized carbons (Fsp3) is 0.667. The molecule has 0 unspecified atom stereocenters. The summed E-state index contributed by atoms with van der Waals surface area (Å²) in [6, 6.07) is 4.71. The number of nitrogens with zero attached hydrogens (tertiary/aromatic N) is 4. The molecule has 0 spiro atoms. The quantitative estimate of drug-likeness (QED) is 0.686. The SMILES string of the molecule is COC(=O)CN(C)C(=O)[C@H]1CCCN(C2CCN(Cc3ccncc3)CC2)C1. The third-order valence-electron chi connectivity index (χ3n) is 6.00. The Morgan fingerprint density at radius 2 is 1.89 bits per heavy atom. The van der Waals surface area contributed by atoms with Gasteiger partial charge in [0.05, 0.1) is 13.0 Å². The minimum atomic E-state index is -0.370. The first-order valence-electron chi connectivity index (χ1n) is 10.2. The van der Waals surface area contributed by atoms with E-state index in [1.807, 2.05) is 12.4 Å². The maximum absolute atomic E-state index is 12.7. The smallest absolute Gasteiger partial charge is 0.325 e. The number of likely N-dealkylation sites (N-methyl/N-ethyl adjacent to an activating group) is 1. The predicted molar refractivity (Wildman–Crippen MR) is 106 cm³/mol. The number of hydrogen-bond acceptors (Lipinski definition) is 6. The number of rotatable bonds is 6. The molecule has 3 heterocycles. The summed E-state index contributed by atoms with van der Waals surface area (Å²) < 4.78 is 4.68. The van der Waals surface area contributed by atoms with Crippen molar-refractivity contribution in [1.29, 1.82) is 0 Å². The molecule has 0 bridgehead atoms. The number of pyridine rings is 1. The van der Waals surface area contributed by atoms with Gasteiger partial charge in [-0.25, -0.2) is 0 Å². The number of likely N-dealkylation sites (tertiary alicyclic amines) is 2. The molecule has 0 radical (unpaired) electrons. The third-order valence-corrected chi connectivity index (χ3v) is 6.00. The second-order valence-corrected chi connectivity index (χ2v) is 7.97. The van der Waals surface area contributed by atoms with Crippen LogP contribution < -0.4 is 0 Å². The van der Waals surface area contributed by atoms with Crippen molar-refractivity contribution >= 4 is 11.9 Å². The van der Waals surface area contributed by atoms with Crippen molar-refractivity contribution in [2.75, 3.05) is 46.9 Å². The number of esters is 1. The molecule has 0 aromatic carbocycles. The summed E-state index contributed by atoms with van der Waals surface area (Å²) in [4.78, 5) is 34.8. The number of amides is 1. The van der Waals surface area contributed by atoms with Crippen LogP contribution in [0.1, 0.15) is 31.2 Å². The van der Waals surface area contributed by atoms with E-state index in [1.165, 1.54) is 17.6 Å². The van der Waals surface area contributed by atoms with E-state index < -0.39 is 0 Å². The van der Waals surface area contributed by atoms with Gasteiger partial charge in [-0.15, -0.1) is 0 Å². The second-order valence-electron chi connectivity index (χ2n) is 7.97. The zero-order valence-electron chi connectivity index (χ0n) is 17.0. The minimum absolute atomic E-state index is 0.0155. The van der Waals surface area contributed by atoms with Gasteiger partial charge in [-0.3, -0.25) is 24.4 Å². The van der Waals surface area contributed by atoms with E-state index in [2.05, 4.69) is 31.7 Å². The molecule has 2 aliphatic heterocycles. The normalized spacial score (nSPS) is 22.0. The molecular weight excluding hydrogens is 356 g/mol. The third kappa shape index (κ3) is 5.52. The molecular formula is C21H32N4O3. The summed E-state index contributed by atoms with van der Waals surface area (Å²) >= 11 is 0. The Balaban J connectivity index is 1.47. The Labute approximate surface area is 167 Å². The van der Waals surface area contributed by atoms with Crippen molar-refractivity contribution in [3.8, 4) is 0 Å². The van der Waals surface area contributed by atoms with Crippen LogP contribution in [0.5, 0.6) is 0 Å². The van der Waals surface area contributed by atoms with Crippen molar-refractivity contribution < 1.29 is 14.3 Å². The summed E-state index contributed by atoms with van der Waals surface area (Å²) in [6.45, 7) is 5.06. The topological polar surface area (TPSA) is 66.0 Å². The Morgan fingerprint density at radius 3 is 2.57 bits per heavy atom. The molecule has 28 heavy (non-hydrogen) atoms. The average Bonchev–Trinajstić information content (AvgIpc) is 2.74. The first-order valence-corrected chi connectivity index (χ1v) is 10.2. The molecule has 0 saturated carbocycles. The van der Waals surface area contributed by atoms with Crippen molar-refractivity contribution in [1.82, 2.24) is 19.7 Å². The van der Waals surface area contributed by atoms with Gasteiger partial charge in [0, 0.05) is 38.6 Å². The van der Waals surface area contributed by atoms with Gasteiger partial charge in [0.2, 0.25) is 5.91 Å². The molecule has 2 aliphatic rings. The van der Waals surface area contributed by atoms with E-state index >= 15 is 0 Å². The zero-order chi connectivity index (χ0) is 19.9. The van der Waals surface area contributed by atoms with Gasteiger partial charge in [-0.2, -0.15) is 0 Å². The molecule has 7 nitrogen and oxygen atoms in total. The lowest BCUT2D eigenvalue weighted by molar-refractivity contribution is -0.148. The minimum Gasteiger partial charge on any atom is -0.468 e. The first kappa shape index (κ1) is 20.7. The number of piperidine rings is 2. The zero-order valence-corrected chi connectivity index (χ0v) is 17.0. The fourth-order valence-electron chi connectivity index (χ4n) is 4.38. The highest BCUT2D eigenvalue weighted by Gasteiger charge is 2.33. The Bertz CT molecular complexity index is 646. The number of hydrogen-bond donors (Lipinski definition) is 0. The molecule has 0 N–H and O–H groups in total. The lowest BCUT2D eigenvalue weighted by Crippen LogP contribution is -2.51. The summed E-state index contributed by atoms with van der Waals surface area (Å²) in [5.74, 6) is -0.325. The Hall–Kier alpha value is -1.99. The van der Waals surface area contributed by atoms with Crippen molar-refractivity contribution in [3.05, 3.63) is 30.1 Å². The van der Waals surface area contributed by atoms with Crippen LogP contribution in [0.3, 0.4) is 0 Å². The van der Waals surface area contributed by atoms with Crippen LogP contribution in [0, 0.1) is 5.92 Å². The van der Waals surface area contributed by atoms with Gasteiger partial charge in [0.1, 0.15) is 6.54 Å². The monoisotopic (exact) mass is 388 g/mol. The van der Waals surface area contributed by atoms with Crippen molar-refractivity contribution in [2.45, 2.75) is 38.3 Å². The van der Waals surface area contributed by atoms with Gasteiger partial charge in [0.25, 0.3) is 0 Å². The molecule has 0 aliphatic carbocycles. The molecule has 1 amide bonds. The van der Waals surface area contributed by atoms with E-state index in [0.29, 0.717) is 6.04 Å². The maximum atomic E-state index is 12.7. The standard InChI is InChI=1S/C21H32N4O3/c1-23(16-20(26)28-2)21(27)18-4-3-11-25(15-18)19-7-12-24(13-8-19)14-17-5-9-22-10-6-17/h5-6,9-10,18-19H,3-4,7-8,11-16H2,1-2H3/t18-/m0/s1. The summed E-state index contributed by atoms with van der Waals surface area (Å²) in [7, 11) is 3.04. The Morgan fingerprint density at radius 1 is 1.18 bits per heavy atom. The van der Waals surface area contributed by atoms with Crippen molar-refractivity contribution in [3.63, 3.8) is 0 Å². The van der Waals surface area contributed by atoms with Crippen LogP contribution in [0.25, 0.3) is 0 Å². The van der Waals surface area contributed by atoms with Crippen LogP contribution in [0.2, 0.25) is 0 Å². The number of carbonyl (C=O) groups is 2. The van der Waals surface area contributed by atoms with Gasteiger partial charge >= 0.3 is 5.97 Å². The van der Waals surface area contributed by atoms with E-state index in [-0.39, 0.29) is 24.3 Å². The van der Waals surface area contributed by atoms with Gasteiger partial charge < -0.3 is 9.64 Å². The molecule has 7 heteroatoms. The molecule has 3 rings (SSSR count). The maximum Gasteiger partial charge on any atom is 0.325 e. The molecule has 2 saturated heterocycles. The van der Waals surface area contributed by atoms with Crippen LogP contribution in [0.15, 0.2) is 24.5 Å². The Kier molecular flexibility index (Phi) is 7.39. The van der Waals surface area contributed by atoms with Crippen LogP contribution in [-0.4, -0.2) is 84.5 Å². The van der Waals surface area contributed by atoms with Crippen LogP contribution in [0.4, 0.5) is 0 Å². The van der Waals surface area contributed by atoms with E-state index in [4.69, 9.17) is 0 Å². The predicted octanol–water partition coefficient (Wildman–Crippen LogP) is 1.39. The molecule has 1 aromatic heterocycles. The average molecular weight is 389 g/mol. The summed E-state index contributed by atoms with van der Waals surface area (Å²) in [5.41, 5.74) is 1.31. The van der Waals surface area contributed by atoms with Crippen molar-refractivity contribution in [2.24, 2.45) is 5.92 Å². The van der Waals surface area contributed by atoms with Gasteiger partial charge in [-0.05, 0) is 63.0 Å². The number of ether oxygens (including phenoxy) is 1. The van der Waals surface area contributed by atoms with Crippen LogP contribution >= 0.6 is 0 Å². The van der Waals surface area contributed by atoms with E-state index in [0.717, 1.165) is 58.4 Å². The van der Waals surface area contributed by atoms with Gasteiger partial charge in [-0.1, -0.05) is 0 Å². The molecule has 1 atom stereocenters. The highest BCUT2D eigenvalue weighted by atomic mass is 16.5. The number of aromatic nitrogens is 1. The molecule has 1 aromatic rings. The first-order chi connectivity index (χ1) is 13.6.